The van der Waals surface area contributed by atoms with Gasteiger partial charge in [0.25, 0.3) is 0 Å². The number of carboxylic acid groups (broad SMARTS) is 1. The van der Waals surface area contributed by atoms with Crippen LogP contribution in [-0.4, -0.2) is 28.8 Å². The highest BCUT2D eigenvalue weighted by Crippen LogP contribution is 2.20. The van der Waals surface area contributed by atoms with Crippen LogP contribution in [0.3, 0.4) is 0 Å². The Hall–Kier alpha value is -1.63. The highest BCUT2D eigenvalue weighted by Gasteiger charge is 2.22. The molecule has 1 unspecified atom stereocenters. The van der Waals surface area contributed by atoms with E-state index in [9.17, 15) is 14.0 Å². The lowest BCUT2D eigenvalue weighted by molar-refractivity contribution is -0.137. The summed E-state index contributed by atoms with van der Waals surface area (Å²) in [5, 5.41) is 11.5. The number of benzene rings is 1. The Morgan fingerprint density at radius 1 is 1.41 bits per heavy atom. The maximum atomic E-state index is 13.3. The largest absolute Gasteiger partial charge is 0.481 e. The molecule has 0 fully saturated rings. The molecule has 0 aliphatic heterocycles. The van der Waals surface area contributed by atoms with Crippen LogP contribution in [0.4, 0.5) is 9.18 Å². The SMILES string of the molecule is CC(C)(C)OC(=O)NC(CC(=O)O)Cc1cc(F)ccc1Br. The summed E-state index contributed by atoms with van der Waals surface area (Å²) in [6.45, 7) is 5.13. The smallest absolute Gasteiger partial charge is 0.407 e. The van der Waals surface area contributed by atoms with E-state index in [0.29, 0.717) is 10.0 Å². The fourth-order valence-corrected chi connectivity index (χ4v) is 2.23. The third-order valence-electron chi connectivity index (χ3n) is 2.62. The Bertz CT molecular complexity index is 557. The topological polar surface area (TPSA) is 75.6 Å². The fourth-order valence-electron chi connectivity index (χ4n) is 1.82. The number of carboxylic acids is 1. The van der Waals surface area contributed by atoms with Gasteiger partial charge in [-0.3, -0.25) is 4.79 Å². The van der Waals surface area contributed by atoms with E-state index in [0.717, 1.165) is 0 Å². The molecule has 0 aliphatic carbocycles. The Morgan fingerprint density at radius 3 is 2.59 bits per heavy atom. The maximum Gasteiger partial charge on any atom is 0.407 e. The van der Waals surface area contributed by atoms with Crippen molar-refractivity contribution in [2.75, 3.05) is 0 Å². The van der Waals surface area contributed by atoms with Crippen molar-refractivity contribution in [3.05, 3.63) is 34.1 Å². The van der Waals surface area contributed by atoms with Crippen LogP contribution in [0.15, 0.2) is 22.7 Å². The van der Waals surface area contributed by atoms with Crippen LogP contribution >= 0.6 is 15.9 Å². The number of hydrogen-bond acceptors (Lipinski definition) is 3. The number of carbonyl (C=O) groups excluding carboxylic acids is 1. The van der Waals surface area contributed by atoms with Crippen LogP contribution in [-0.2, 0) is 16.0 Å². The van der Waals surface area contributed by atoms with E-state index < -0.39 is 29.5 Å². The average molecular weight is 376 g/mol. The summed E-state index contributed by atoms with van der Waals surface area (Å²) >= 11 is 3.28. The third-order valence-corrected chi connectivity index (χ3v) is 3.39. The molecule has 0 heterocycles. The molecule has 0 radical (unpaired) electrons. The zero-order valence-corrected chi connectivity index (χ0v) is 14.2. The zero-order chi connectivity index (χ0) is 16.9. The van der Waals surface area contributed by atoms with Crippen LogP contribution in [0, 0.1) is 5.82 Å². The normalized spacial score (nSPS) is 12.6. The number of nitrogens with one attached hydrogen (secondary N) is 1. The molecule has 1 aromatic carbocycles. The second-order valence-corrected chi connectivity index (χ2v) is 6.74. The number of hydrogen-bond donors (Lipinski definition) is 2. The molecule has 1 atom stereocenters. The molecule has 1 aromatic rings. The van der Waals surface area contributed by atoms with Gasteiger partial charge in [-0.05, 0) is 51.0 Å². The minimum atomic E-state index is -1.06. The number of halogens is 2. The Kier molecular flexibility index (Phi) is 6.34. The summed E-state index contributed by atoms with van der Waals surface area (Å²) in [7, 11) is 0. The van der Waals surface area contributed by atoms with Crippen molar-refractivity contribution in [3.63, 3.8) is 0 Å². The molecule has 0 spiro atoms. The highest BCUT2D eigenvalue weighted by atomic mass is 79.9. The Morgan fingerprint density at radius 2 is 2.05 bits per heavy atom. The predicted molar refractivity (Wildman–Crippen MR) is 83.2 cm³/mol. The number of carbonyl (C=O) groups is 2. The second-order valence-electron chi connectivity index (χ2n) is 5.88. The number of aliphatic carboxylic acids is 1. The van der Waals surface area contributed by atoms with Gasteiger partial charge in [0.2, 0.25) is 0 Å². The number of amides is 1. The molecule has 122 valence electrons. The van der Waals surface area contributed by atoms with Gasteiger partial charge in [-0.25, -0.2) is 9.18 Å². The number of rotatable bonds is 5. The van der Waals surface area contributed by atoms with E-state index in [1.54, 1.807) is 20.8 Å². The van der Waals surface area contributed by atoms with E-state index in [1.165, 1.54) is 18.2 Å². The van der Waals surface area contributed by atoms with E-state index in [-0.39, 0.29) is 12.8 Å². The van der Waals surface area contributed by atoms with Crippen molar-refractivity contribution in [3.8, 4) is 0 Å². The van der Waals surface area contributed by atoms with E-state index in [1.807, 2.05) is 0 Å². The van der Waals surface area contributed by atoms with Gasteiger partial charge in [-0.2, -0.15) is 0 Å². The predicted octanol–water partition coefficient (Wildman–Crippen LogP) is 3.50. The van der Waals surface area contributed by atoms with Crippen molar-refractivity contribution in [1.29, 1.82) is 0 Å². The van der Waals surface area contributed by atoms with Crippen molar-refractivity contribution >= 4 is 28.0 Å². The van der Waals surface area contributed by atoms with Gasteiger partial charge in [0.1, 0.15) is 11.4 Å². The minimum absolute atomic E-state index is 0.171. The van der Waals surface area contributed by atoms with Gasteiger partial charge in [-0.1, -0.05) is 15.9 Å². The summed E-state index contributed by atoms with van der Waals surface area (Å²) in [4.78, 5) is 22.7. The molecule has 1 amide bonds. The lowest BCUT2D eigenvalue weighted by Crippen LogP contribution is -2.41. The second kappa shape index (κ2) is 7.58. The van der Waals surface area contributed by atoms with E-state index >= 15 is 0 Å². The lowest BCUT2D eigenvalue weighted by Gasteiger charge is -2.23. The number of alkyl carbamates (subject to hydrolysis) is 1. The van der Waals surface area contributed by atoms with Gasteiger partial charge in [0.15, 0.2) is 0 Å². The summed E-state index contributed by atoms with van der Waals surface area (Å²) in [5.41, 5.74) is -0.112. The molecule has 22 heavy (non-hydrogen) atoms. The molecule has 0 bridgehead atoms. The molecular formula is C15H19BrFNO4. The first kappa shape index (κ1) is 18.4. The zero-order valence-electron chi connectivity index (χ0n) is 12.7. The molecule has 2 N–H and O–H groups in total. The number of ether oxygens (including phenoxy) is 1. The molecule has 1 rings (SSSR count). The first-order valence-corrected chi connectivity index (χ1v) is 7.51. The van der Waals surface area contributed by atoms with Gasteiger partial charge in [0, 0.05) is 10.5 Å². The first-order chi connectivity index (χ1) is 10.1. The monoisotopic (exact) mass is 375 g/mol. The fraction of sp³-hybridized carbons (Fsp3) is 0.467. The van der Waals surface area contributed by atoms with Crippen LogP contribution in [0.1, 0.15) is 32.8 Å². The third kappa shape index (κ3) is 6.89. The van der Waals surface area contributed by atoms with E-state index in [4.69, 9.17) is 9.84 Å². The molecule has 0 aromatic heterocycles. The Balaban J connectivity index is 2.82. The van der Waals surface area contributed by atoms with Gasteiger partial charge >= 0.3 is 12.1 Å². The standard InChI is InChI=1S/C15H19BrFNO4/c1-15(2,3)22-14(21)18-11(8-13(19)20)7-9-6-10(17)4-5-12(9)16/h4-6,11H,7-8H2,1-3H3,(H,18,21)(H,19,20). The first-order valence-electron chi connectivity index (χ1n) is 6.72. The van der Waals surface area contributed by atoms with Crippen molar-refractivity contribution in [2.24, 2.45) is 0 Å². The molecular weight excluding hydrogens is 357 g/mol. The summed E-state index contributed by atoms with van der Waals surface area (Å²) in [6, 6.07) is 3.43. The summed E-state index contributed by atoms with van der Waals surface area (Å²) in [6.07, 6.45) is -0.821. The van der Waals surface area contributed by atoms with Crippen LogP contribution in [0.2, 0.25) is 0 Å². The van der Waals surface area contributed by atoms with E-state index in [2.05, 4.69) is 21.2 Å². The summed E-state index contributed by atoms with van der Waals surface area (Å²) < 4.78 is 19.1. The van der Waals surface area contributed by atoms with Gasteiger partial charge in [-0.15, -0.1) is 0 Å². The van der Waals surface area contributed by atoms with Crippen molar-refractivity contribution in [2.45, 2.75) is 45.3 Å². The van der Waals surface area contributed by atoms with Crippen LogP contribution in [0.5, 0.6) is 0 Å². The van der Waals surface area contributed by atoms with Crippen LogP contribution < -0.4 is 5.32 Å². The van der Waals surface area contributed by atoms with Crippen LogP contribution in [0.25, 0.3) is 0 Å². The highest BCUT2D eigenvalue weighted by molar-refractivity contribution is 9.10. The molecule has 0 saturated heterocycles. The Labute approximate surface area is 137 Å². The molecule has 7 heteroatoms. The lowest BCUT2D eigenvalue weighted by atomic mass is 10.0. The molecule has 5 nitrogen and oxygen atoms in total. The quantitative estimate of drug-likeness (QED) is 0.825. The minimum Gasteiger partial charge on any atom is -0.481 e. The van der Waals surface area contributed by atoms with Gasteiger partial charge < -0.3 is 15.2 Å². The maximum absolute atomic E-state index is 13.3. The van der Waals surface area contributed by atoms with Gasteiger partial charge in [0.05, 0.1) is 6.42 Å². The molecule has 0 saturated carbocycles. The van der Waals surface area contributed by atoms with Crippen molar-refractivity contribution < 1.29 is 23.8 Å². The summed E-state index contributed by atoms with van der Waals surface area (Å²) in [5.74, 6) is -1.49. The average Bonchev–Trinajstić information content (AvgIpc) is 2.30. The van der Waals surface area contributed by atoms with Crippen molar-refractivity contribution in [1.82, 2.24) is 5.32 Å². The molecule has 0 aliphatic rings.